The van der Waals surface area contributed by atoms with Crippen LogP contribution in [0, 0.1) is 0 Å². The van der Waals surface area contributed by atoms with Gasteiger partial charge in [0.2, 0.25) is 11.8 Å². The molecule has 15 heavy (non-hydrogen) atoms. The maximum absolute atomic E-state index is 10.9. The van der Waals surface area contributed by atoms with E-state index in [0.717, 1.165) is 13.0 Å². The van der Waals surface area contributed by atoms with Crippen molar-refractivity contribution in [1.82, 2.24) is 10.2 Å². The van der Waals surface area contributed by atoms with Crippen LogP contribution in [0.4, 0.5) is 0 Å². The van der Waals surface area contributed by atoms with Gasteiger partial charge in [-0.25, -0.2) is 0 Å². The van der Waals surface area contributed by atoms with Crippen LogP contribution in [0.25, 0.3) is 0 Å². The van der Waals surface area contributed by atoms with E-state index in [9.17, 15) is 9.59 Å². The minimum atomic E-state index is -0.648. The lowest BCUT2D eigenvalue weighted by atomic mass is 10.2. The maximum Gasteiger partial charge on any atom is 0.235 e. The molecule has 0 aliphatic heterocycles. The summed E-state index contributed by atoms with van der Waals surface area (Å²) in [6.45, 7) is 1.55. The number of hydrogen-bond donors (Lipinski definition) is 3. The van der Waals surface area contributed by atoms with E-state index in [-0.39, 0.29) is 6.42 Å². The number of nitrogens with zero attached hydrogens (tertiary/aromatic N) is 1. The van der Waals surface area contributed by atoms with Gasteiger partial charge in [0.15, 0.2) is 0 Å². The molecular weight excluding hydrogens is 196 g/mol. The van der Waals surface area contributed by atoms with Gasteiger partial charge < -0.3 is 21.7 Å². The monoisotopic (exact) mass is 216 g/mol. The fourth-order valence-electron chi connectivity index (χ4n) is 1.15. The first-order valence-corrected chi connectivity index (χ1v) is 4.89. The Labute approximate surface area is 90.0 Å². The van der Waals surface area contributed by atoms with Crippen LogP contribution >= 0.6 is 0 Å². The quantitative estimate of drug-likeness (QED) is 0.419. The zero-order valence-electron chi connectivity index (χ0n) is 9.32. The lowest BCUT2D eigenvalue weighted by molar-refractivity contribution is -0.125. The van der Waals surface area contributed by atoms with E-state index >= 15 is 0 Å². The van der Waals surface area contributed by atoms with Crippen molar-refractivity contribution >= 4 is 11.8 Å². The first-order valence-electron chi connectivity index (χ1n) is 4.89. The molecule has 0 aliphatic rings. The molecule has 0 aromatic rings. The van der Waals surface area contributed by atoms with Crippen molar-refractivity contribution in [2.45, 2.75) is 18.9 Å². The Morgan fingerprint density at radius 1 is 1.33 bits per heavy atom. The molecule has 0 spiro atoms. The van der Waals surface area contributed by atoms with Gasteiger partial charge in [-0.15, -0.1) is 0 Å². The highest BCUT2D eigenvalue weighted by molar-refractivity contribution is 5.86. The maximum atomic E-state index is 10.9. The number of hydrogen-bond acceptors (Lipinski definition) is 4. The zero-order chi connectivity index (χ0) is 11.8. The SMILES string of the molecule is CN(C)CCCNC(CC(N)=O)C(N)=O. The van der Waals surface area contributed by atoms with Crippen molar-refractivity contribution in [2.24, 2.45) is 11.5 Å². The number of primary amides is 2. The minimum Gasteiger partial charge on any atom is -0.370 e. The van der Waals surface area contributed by atoms with E-state index in [1.807, 2.05) is 19.0 Å². The van der Waals surface area contributed by atoms with Crippen molar-refractivity contribution in [1.29, 1.82) is 0 Å². The summed E-state index contributed by atoms with van der Waals surface area (Å²) in [5.41, 5.74) is 10.1. The fourth-order valence-corrected chi connectivity index (χ4v) is 1.15. The molecule has 0 saturated heterocycles. The molecule has 6 heteroatoms. The van der Waals surface area contributed by atoms with Gasteiger partial charge in [-0.3, -0.25) is 9.59 Å². The van der Waals surface area contributed by atoms with Gasteiger partial charge in [-0.2, -0.15) is 0 Å². The number of amides is 2. The van der Waals surface area contributed by atoms with Gasteiger partial charge in [0, 0.05) is 0 Å². The normalized spacial score (nSPS) is 12.7. The van der Waals surface area contributed by atoms with Crippen LogP contribution in [0.1, 0.15) is 12.8 Å². The second kappa shape index (κ2) is 7.19. The molecule has 6 nitrogen and oxygen atoms in total. The summed E-state index contributed by atoms with van der Waals surface area (Å²) < 4.78 is 0. The number of nitrogens with one attached hydrogen (secondary N) is 1. The van der Waals surface area contributed by atoms with E-state index in [4.69, 9.17) is 11.5 Å². The van der Waals surface area contributed by atoms with Gasteiger partial charge in [-0.1, -0.05) is 0 Å². The van der Waals surface area contributed by atoms with Crippen LogP contribution in [0.5, 0.6) is 0 Å². The van der Waals surface area contributed by atoms with E-state index in [0.29, 0.717) is 6.54 Å². The highest BCUT2D eigenvalue weighted by Gasteiger charge is 2.16. The molecule has 88 valence electrons. The Kier molecular flexibility index (Phi) is 6.64. The molecule has 0 fully saturated rings. The largest absolute Gasteiger partial charge is 0.370 e. The molecule has 0 saturated carbocycles. The molecule has 2 amide bonds. The second-order valence-corrected chi connectivity index (χ2v) is 3.74. The third kappa shape index (κ3) is 7.90. The first kappa shape index (κ1) is 13.9. The van der Waals surface area contributed by atoms with E-state index in [1.54, 1.807) is 0 Å². The van der Waals surface area contributed by atoms with Gasteiger partial charge in [0.05, 0.1) is 12.5 Å². The summed E-state index contributed by atoms with van der Waals surface area (Å²) >= 11 is 0. The summed E-state index contributed by atoms with van der Waals surface area (Å²) in [6.07, 6.45) is 0.840. The molecule has 0 radical (unpaired) electrons. The van der Waals surface area contributed by atoms with Crippen LogP contribution in [-0.2, 0) is 9.59 Å². The Bertz CT molecular complexity index is 218. The van der Waals surface area contributed by atoms with Gasteiger partial charge in [0.25, 0.3) is 0 Å². The Hall–Kier alpha value is -1.14. The van der Waals surface area contributed by atoms with Gasteiger partial charge in [0.1, 0.15) is 0 Å². The Morgan fingerprint density at radius 3 is 2.33 bits per heavy atom. The summed E-state index contributed by atoms with van der Waals surface area (Å²) in [5.74, 6) is -1.07. The third-order valence-electron chi connectivity index (χ3n) is 1.92. The van der Waals surface area contributed by atoms with Crippen LogP contribution in [0.3, 0.4) is 0 Å². The Balaban J connectivity index is 3.77. The molecule has 0 rings (SSSR count). The van der Waals surface area contributed by atoms with Crippen molar-refractivity contribution in [3.8, 4) is 0 Å². The standard InChI is InChI=1S/C9H20N4O2/c1-13(2)5-3-4-12-7(9(11)15)6-8(10)14/h7,12H,3-6H2,1-2H3,(H2,10,14)(H2,11,15). The van der Waals surface area contributed by atoms with E-state index < -0.39 is 17.9 Å². The van der Waals surface area contributed by atoms with Gasteiger partial charge >= 0.3 is 0 Å². The predicted octanol–water partition coefficient (Wildman–Crippen LogP) is -1.74. The molecule has 0 bridgehead atoms. The topological polar surface area (TPSA) is 101 Å². The molecule has 1 atom stereocenters. The molecule has 0 aromatic carbocycles. The van der Waals surface area contributed by atoms with Gasteiger partial charge in [-0.05, 0) is 33.6 Å². The fraction of sp³-hybridized carbons (Fsp3) is 0.778. The van der Waals surface area contributed by atoms with Crippen molar-refractivity contribution in [3.63, 3.8) is 0 Å². The highest BCUT2D eigenvalue weighted by Crippen LogP contribution is 1.91. The molecule has 0 heterocycles. The van der Waals surface area contributed by atoms with Crippen LogP contribution in [0.2, 0.25) is 0 Å². The second-order valence-electron chi connectivity index (χ2n) is 3.74. The molecule has 5 N–H and O–H groups in total. The number of carbonyl (C=O) groups excluding carboxylic acids is 2. The predicted molar refractivity (Wildman–Crippen MR) is 58.0 cm³/mol. The molecule has 0 aromatic heterocycles. The van der Waals surface area contributed by atoms with Crippen LogP contribution < -0.4 is 16.8 Å². The van der Waals surface area contributed by atoms with Crippen molar-refractivity contribution < 1.29 is 9.59 Å². The average Bonchev–Trinajstić information content (AvgIpc) is 2.08. The molecular formula is C9H20N4O2. The van der Waals surface area contributed by atoms with Crippen molar-refractivity contribution in [3.05, 3.63) is 0 Å². The lowest BCUT2D eigenvalue weighted by Gasteiger charge is -2.14. The summed E-state index contributed by atoms with van der Waals surface area (Å²) in [4.78, 5) is 23.6. The van der Waals surface area contributed by atoms with Crippen molar-refractivity contribution in [2.75, 3.05) is 27.2 Å². The lowest BCUT2D eigenvalue weighted by Crippen LogP contribution is -2.44. The Morgan fingerprint density at radius 2 is 1.93 bits per heavy atom. The third-order valence-corrected chi connectivity index (χ3v) is 1.92. The smallest absolute Gasteiger partial charge is 0.235 e. The summed E-state index contributed by atoms with van der Waals surface area (Å²) in [6, 6.07) is -0.648. The van der Waals surface area contributed by atoms with E-state index in [2.05, 4.69) is 5.32 Å². The average molecular weight is 216 g/mol. The number of nitrogens with two attached hydrogens (primary N) is 2. The summed E-state index contributed by atoms with van der Waals surface area (Å²) in [7, 11) is 3.93. The minimum absolute atomic E-state index is 0.0443. The summed E-state index contributed by atoms with van der Waals surface area (Å²) in [5, 5.41) is 2.90. The zero-order valence-corrected chi connectivity index (χ0v) is 9.32. The number of rotatable bonds is 8. The van der Waals surface area contributed by atoms with Crippen LogP contribution in [-0.4, -0.2) is 49.9 Å². The van der Waals surface area contributed by atoms with E-state index in [1.165, 1.54) is 0 Å². The van der Waals surface area contributed by atoms with Crippen LogP contribution in [0.15, 0.2) is 0 Å². The molecule has 0 aliphatic carbocycles. The highest BCUT2D eigenvalue weighted by atomic mass is 16.2. The number of carbonyl (C=O) groups is 2. The molecule has 1 unspecified atom stereocenters. The first-order chi connectivity index (χ1) is 6.93.